The third kappa shape index (κ3) is 6.31. The van der Waals surface area contributed by atoms with Gasteiger partial charge in [0.15, 0.2) is 0 Å². The van der Waals surface area contributed by atoms with Gasteiger partial charge in [0.1, 0.15) is 6.04 Å². The lowest BCUT2D eigenvalue weighted by Gasteiger charge is -2.41. The highest BCUT2D eigenvalue weighted by atomic mass is 32.2. The van der Waals surface area contributed by atoms with Gasteiger partial charge in [0.25, 0.3) is 0 Å². The normalized spacial score (nSPS) is 17.6. The van der Waals surface area contributed by atoms with Gasteiger partial charge < -0.3 is 19.9 Å². The van der Waals surface area contributed by atoms with Gasteiger partial charge in [-0.15, -0.1) is 0 Å². The molecule has 0 bridgehead atoms. The van der Waals surface area contributed by atoms with Crippen LogP contribution in [0, 0.1) is 0 Å². The molecule has 1 N–H and O–H groups in total. The maximum absolute atomic E-state index is 13.5. The van der Waals surface area contributed by atoms with Crippen LogP contribution in [0.15, 0.2) is 54.6 Å². The lowest BCUT2D eigenvalue weighted by molar-refractivity contribution is -0.139. The van der Waals surface area contributed by atoms with Crippen LogP contribution in [0.3, 0.4) is 0 Å². The zero-order chi connectivity index (χ0) is 26.6. The van der Waals surface area contributed by atoms with E-state index in [4.69, 9.17) is 4.74 Å². The van der Waals surface area contributed by atoms with Crippen molar-refractivity contribution in [3.05, 3.63) is 65.7 Å². The number of fused-ring (bicyclic) bond motifs is 2. The van der Waals surface area contributed by atoms with Crippen LogP contribution < -0.4 is 9.62 Å². The Morgan fingerprint density at radius 3 is 2.35 bits per heavy atom. The number of para-hydroxylation sites is 1. The first-order valence-corrected chi connectivity index (χ1v) is 14.4. The number of rotatable bonds is 9. The zero-order valence-corrected chi connectivity index (χ0v) is 22.5. The first kappa shape index (κ1) is 27.1. The van der Waals surface area contributed by atoms with Crippen molar-refractivity contribution in [2.24, 2.45) is 0 Å². The molecular formula is C27H36N4O5S. The van der Waals surface area contributed by atoms with Crippen LogP contribution in [0.1, 0.15) is 24.0 Å². The molecule has 2 heterocycles. The van der Waals surface area contributed by atoms with Crippen LogP contribution in [0.25, 0.3) is 0 Å². The molecule has 0 unspecified atom stereocenters. The molecule has 10 heteroatoms. The number of nitrogens with one attached hydrogen (secondary N) is 1. The number of hydrogen-bond acceptors (Lipinski definition) is 6. The number of benzene rings is 2. The summed E-state index contributed by atoms with van der Waals surface area (Å²) in [6.45, 7) is 1.92. The van der Waals surface area contributed by atoms with E-state index in [0.29, 0.717) is 39.1 Å². The van der Waals surface area contributed by atoms with Crippen LogP contribution in [0.4, 0.5) is 5.69 Å². The Kier molecular flexibility index (Phi) is 8.20. The third-order valence-corrected chi connectivity index (χ3v) is 8.24. The molecule has 2 aliphatic rings. The van der Waals surface area contributed by atoms with E-state index >= 15 is 0 Å². The van der Waals surface area contributed by atoms with Crippen molar-refractivity contribution < 1.29 is 22.7 Å². The summed E-state index contributed by atoms with van der Waals surface area (Å²) in [6.07, 6.45) is 2.52. The number of amides is 2. The van der Waals surface area contributed by atoms with Gasteiger partial charge in [0, 0.05) is 25.0 Å². The molecule has 0 aromatic heterocycles. The van der Waals surface area contributed by atoms with E-state index < -0.39 is 16.1 Å². The fourth-order valence-corrected chi connectivity index (χ4v) is 6.25. The molecule has 2 aliphatic heterocycles. The number of nitrogens with zero attached hydrogens (tertiary/aromatic N) is 3. The predicted molar refractivity (Wildman–Crippen MR) is 143 cm³/mol. The van der Waals surface area contributed by atoms with Gasteiger partial charge in [-0.3, -0.25) is 13.9 Å². The number of carbonyl (C=O) groups excluding carboxylic acids is 2. The van der Waals surface area contributed by atoms with Gasteiger partial charge in [0.2, 0.25) is 21.8 Å². The lowest BCUT2D eigenvalue weighted by atomic mass is 9.74. The van der Waals surface area contributed by atoms with Crippen LogP contribution >= 0.6 is 0 Å². The van der Waals surface area contributed by atoms with Crippen LogP contribution in [0.2, 0.25) is 0 Å². The van der Waals surface area contributed by atoms with Gasteiger partial charge in [-0.05, 0) is 44.1 Å². The minimum Gasteiger partial charge on any atom is -0.374 e. The average molecular weight is 529 g/mol. The highest BCUT2D eigenvalue weighted by Gasteiger charge is 2.47. The minimum absolute atomic E-state index is 0.0687. The Morgan fingerprint density at radius 2 is 1.70 bits per heavy atom. The van der Waals surface area contributed by atoms with Crippen LogP contribution in [-0.4, -0.2) is 89.2 Å². The Labute approximate surface area is 219 Å². The summed E-state index contributed by atoms with van der Waals surface area (Å²) >= 11 is 0. The standard InChI is InChI=1S/C27H36N4O5S/c1-29(2)17-25(32)28-23(19-36-18-21-9-5-4-6-10-21)26(33)30-15-13-27(14-16-30)20-31(37(3,34)35)24-12-8-7-11-22(24)27/h4-12,23H,13-20H2,1-3H3,(H,28,32)/t23-/m1/s1. The molecule has 2 amide bonds. The molecule has 2 aromatic rings. The molecule has 0 aliphatic carbocycles. The van der Waals surface area contributed by atoms with Crippen molar-refractivity contribution in [2.75, 3.05) is 57.4 Å². The third-order valence-electron chi connectivity index (χ3n) is 7.11. The van der Waals surface area contributed by atoms with Gasteiger partial charge >= 0.3 is 0 Å². The van der Waals surface area contributed by atoms with E-state index in [0.717, 1.165) is 16.8 Å². The van der Waals surface area contributed by atoms with Crippen molar-refractivity contribution in [3.63, 3.8) is 0 Å². The van der Waals surface area contributed by atoms with E-state index in [-0.39, 0.29) is 30.4 Å². The Balaban J connectivity index is 1.44. The number of anilines is 1. The minimum atomic E-state index is -3.41. The van der Waals surface area contributed by atoms with Crippen molar-refractivity contribution in [1.29, 1.82) is 0 Å². The summed E-state index contributed by atoms with van der Waals surface area (Å²) in [5.74, 6) is -0.421. The number of hydrogen-bond donors (Lipinski definition) is 1. The number of sulfonamides is 1. The average Bonchev–Trinajstić information content (AvgIpc) is 3.18. The highest BCUT2D eigenvalue weighted by molar-refractivity contribution is 7.92. The summed E-state index contributed by atoms with van der Waals surface area (Å²) in [5.41, 5.74) is 2.41. The smallest absolute Gasteiger partial charge is 0.247 e. The molecule has 1 fully saturated rings. The van der Waals surface area contributed by atoms with Crippen molar-refractivity contribution in [2.45, 2.75) is 30.9 Å². The second kappa shape index (κ2) is 11.2. The van der Waals surface area contributed by atoms with Crippen molar-refractivity contribution in [3.8, 4) is 0 Å². The molecule has 9 nitrogen and oxygen atoms in total. The molecule has 200 valence electrons. The Hall–Kier alpha value is -2.95. The maximum Gasteiger partial charge on any atom is 0.247 e. The molecule has 0 radical (unpaired) electrons. The molecule has 1 atom stereocenters. The van der Waals surface area contributed by atoms with E-state index in [1.807, 2.05) is 54.6 Å². The number of likely N-dealkylation sites (N-methyl/N-ethyl adjacent to an activating group) is 1. The summed E-state index contributed by atoms with van der Waals surface area (Å²) in [6, 6.07) is 16.5. The summed E-state index contributed by atoms with van der Waals surface area (Å²) in [4.78, 5) is 29.6. The van der Waals surface area contributed by atoms with Gasteiger partial charge in [-0.25, -0.2) is 8.42 Å². The largest absolute Gasteiger partial charge is 0.374 e. The summed E-state index contributed by atoms with van der Waals surface area (Å²) in [5, 5.41) is 2.85. The second-order valence-electron chi connectivity index (χ2n) is 10.3. The van der Waals surface area contributed by atoms with E-state index in [1.165, 1.54) is 10.6 Å². The Morgan fingerprint density at radius 1 is 1.05 bits per heavy atom. The van der Waals surface area contributed by atoms with Crippen LogP contribution in [-0.2, 0) is 36.4 Å². The SMILES string of the molecule is CN(C)CC(=O)N[C@H](COCc1ccccc1)C(=O)N1CCC2(CC1)CN(S(C)(=O)=O)c1ccccc12. The molecular weight excluding hydrogens is 492 g/mol. The topological polar surface area (TPSA) is 99.3 Å². The van der Waals surface area contributed by atoms with Gasteiger partial charge in [0.05, 0.1) is 31.7 Å². The van der Waals surface area contributed by atoms with Crippen molar-refractivity contribution in [1.82, 2.24) is 15.1 Å². The van der Waals surface area contributed by atoms with Gasteiger partial charge in [-0.2, -0.15) is 0 Å². The lowest BCUT2D eigenvalue weighted by Crippen LogP contribution is -2.55. The summed E-state index contributed by atoms with van der Waals surface area (Å²) < 4.78 is 32.3. The second-order valence-corrected chi connectivity index (χ2v) is 12.2. The van der Waals surface area contributed by atoms with E-state index in [1.54, 1.807) is 23.9 Å². The van der Waals surface area contributed by atoms with Crippen LogP contribution in [0.5, 0.6) is 0 Å². The number of carbonyl (C=O) groups is 2. The fourth-order valence-electron chi connectivity index (χ4n) is 5.25. The molecule has 1 saturated heterocycles. The number of ether oxygens (including phenoxy) is 1. The number of piperidine rings is 1. The predicted octanol–water partition coefficient (Wildman–Crippen LogP) is 1.59. The highest BCUT2D eigenvalue weighted by Crippen LogP contribution is 2.47. The maximum atomic E-state index is 13.5. The Bertz CT molecular complexity index is 1210. The van der Waals surface area contributed by atoms with E-state index in [2.05, 4.69) is 5.32 Å². The summed E-state index contributed by atoms with van der Waals surface area (Å²) in [7, 11) is 0.188. The quantitative estimate of drug-likeness (QED) is 0.531. The monoisotopic (exact) mass is 528 g/mol. The first-order chi connectivity index (χ1) is 17.6. The fraction of sp³-hybridized carbons (Fsp3) is 0.481. The number of likely N-dealkylation sites (tertiary alicyclic amines) is 1. The zero-order valence-electron chi connectivity index (χ0n) is 21.7. The molecule has 4 rings (SSSR count). The van der Waals surface area contributed by atoms with Crippen molar-refractivity contribution >= 4 is 27.5 Å². The first-order valence-electron chi connectivity index (χ1n) is 12.5. The molecule has 37 heavy (non-hydrogen) atoms. The van der Waals surface area contributed by atoms with E-state index in [9.17, 15) is 18.0 Å². The molecule has 2 aromatic carbocycles. The molecule has 0 saturated carbocycles. The van der Waals surface area contributed by atoms with Gasteiger partial charge in [-0.1, -0.05) is 48.5 Å². The molecule has 1 spiro atoms.